The third kappa shape index (κ3) is 7.49. The molecule has 0 N–H and O–H groups in total. The van der Waals surface area contributed by atoms with Crippen molar-refractivity contribution in [2.45, 2.75) is 46.0 Å². The average molecular weight is 294 g/mol. The Morgan fingerprint density at radius 1 is 0.810 bits per heavy atom. The fourth-order valence-electron chi connectivity index (χ4n) is 1.74. The minimum atomic E-state index is -0.550. The largest absolute Gasteiger partial charge is 0.465 e. The highest BCUT2D eigenvalue weighted by molar-refractivity contribution is 6.02. The van der Waals surface area contributed by atoms with E-state index in [0.717, 1.165) is 0 Å². The SMILES string of the molecule is CCCCCCC.COC(=O)c1ccccc1C(=O)OC. The maximum Gasteiger partial charge on any atom is 0.338 e. The summed E-state index contributed by atoms with van der Waals surface area (Å²) in [5, 5.41) is 0. The summed E-state index contributed by atoms with van der Waals surface area (Å²) in [7, 11) is 2.52. The van der Waals surface area contributed by atoms with E-state index in [1.165, 1.54) is 58.5 Å². The number of carbonyl (C=O) groups excluding carboxylic acids is 2. The Morgan fingerprint density at radius 2 is 1.19 bits per heavy atom. The molecule has 0 spiro atoms. The molecule has 0 aliphatic heterocycles. The predicted octanol–water partition coefficient (Wildman–Crippen LogP) is 4.24. The molecule has 1 aromatic carbocycles. The zero-order chi connectivity index (χ0) is 16.1. The number of unbranched alkanes of at least 4 members (excludes halogenated alkanes) is 4. The van der Waals surface area contributed by atoms with E-state index in [0.29, 0.717) is 0 Å². The topological polar surface area (TPSA) is 52.6 Å². The van der Waals surface area contributed by atoms with Gasteiger partial charge in [-0.15, -0.1) is 0 Å². The van der Waals surface area contributed by atoms with Crippen LogP contribution in [0.4, 0.5) is 0 Å². The van der Waals surface area contributed by atoms with Crippen LogP contribution in [0.15, 0.2) is 24.3 Å². The molecule has 0 amide bonds. The lowest BCUT2D eigenvalue weighted by atomic mass is 10.1. The average Bonchev–Trinajstić information content (AvgIpc) is 2.54. The molecule has 0 saturated carbocycles. The summed E-state index contributed by atoms with van der Waals surface area (Å²) in [6, 6.07) is 6.33. The molecule has 0 aliphatic rings. The number of hydrogen-bond acceptors (Lipinski definition) is 4. The van der Waals surface area contributed by atoms with Crippen molar-refractivity contribution in [2.24, 2.45) is 0 Å². The van der Waals surface area contributed by atoms with Gasteiger partial charge in [0.2, 0.25) is 0 Å². The summed E-state index contributed by atoms with van der Waals surface area (Å²) in [5.74, 6) is -1.10. The highest BCUT2D eigenvalue weighted by Crippen LogP contribution is 2.10. The van der Waals surface area contributed by atoms with E-state index in [4.69, 9.17) is 0 Å². The Bertz CT molecular complexity index is 388. The fraction of sp³-hybridized carbons (Fsp3) is 0.529. The van der Waals surface area contributed by atoms with Crippen LogP contribution in [-0.4, -0.2) is 26.2 Å². The first-order chi connectivity index (χ1) is 10.1. The van der Waals surface area contributed by atoms with Gasteiger partial charge in [-0.3, -0.25) is 0 Å². The number of methoxy groups -OCH3 is 2. The summed E-state index contributed by atoms with van der Waals surface area (Å²) >= 11 is 0. The quantitative estimate of drug-likeness (QED) is 0.582. The number of benzene rings is 1. The molecule has 0 heterocycles. The highest BCUT2D eigenvalue weighted by atomic mass is 16.5. The van der Waals surface area contributed by atoms with Crippen molar-refractivity contribution < 1.29 is 19.1 Å². The fourth-order valence-corrected chi connectivity index (χ4v) is 1.74. The van der Waals surface area contributed by atoms with Gasteiger partial charge in [0.1, 0.15) is 0 Å². The molecule has 1 rings (SSSR count). The smallest absolute Gasteiger partial charge is 0.338 e. The first kappa shape index (κ1) is 19.2. The number of ether oxygens (including phenoxy) is 2. The summed E-state index contributed by atoms with van der Waals surface area (Å²) in [4.78, 5) is 22.4. The van der Waals surface area contributed by atoms with E-state index >= 15 is 0 Å². The van der Waals surface area contributed by atoms with Gasteiger partial charge in [0.05, 0.1) is 25.3 Å². The van der Waals surface area contributed by atoms with Gasteiger partial charge in [-0.25, -0.2) is 9.59 Å². The molecule has 1 aromatic rings. The van der Waals surface area contributed by atoms with E-state index in [1.54, 1.807) is 12.1 Å². The summed E-state index contributed by atoms with van der Waals surface area (Å²) < 4.78 is 9.05. The molecule has 0 fully saturated rings. The maximum absolute atomic E-state index is 11.2. The Hall–Kier alpha value is -1.84. The molecular formula is C17H26O4. The van der Waals surface area contributed by atoms with Crippen molar-refractivity contribution in [3.8, 4) is 0 Å². The minimum Gasteiger partial charge on any atom is -0.465 e. The molecule has 0 atom stereocenters. The predicted molar refractivity (Wildman–Crippen MR) is 83.6 cm³/mol. The number of hydrogen-bond donors (Lipinski definition) is 0. The van der Waals surface area contributed by atoms with E-state index in [9.17, 15) is 9.59 Å². The van der Waals surface area contributed by atoms with Crippen molar-refractivity contribution in [3.05, 3.63) is 35.4 Å². The normalized spacial score (nSPS) is 9.33. The third-order valence-electron chi connectivity index (χ3n) is 2.94. The van der Waals surface area contributed by atoms with E-state index < -0.39 is 11.9 Å². The number of rotatable bonds is 6. The van der Waals surface area contributed by atoms with Crippen LogP contribution in [0.3, 0.4) is 0 Å². The molecule has 0 saturated heterocycles. The minimum absolute atomic E-state index is 0.210. The molecule has 0 aromatic heterocycles. The van der Waals surface area contributed by atoms with Crippen molar-refractivity contribution in [2.75, 3.05) is 14.2 Å². The Morgan fingerprint density at radius 3 is 1.48 bits per heavy atom. The third-order valence-corrected chi connectivity index (χ3v) is 2.94. The van der Waals surface area contributed by atoms with Gasteiger partial charge in [-0.05, 0) is 12.1 Å². The second-order valence-electron chi connectivity index (χ2n) is 4.59. The van der Waals surface area contributed by atoms with Crippen LogP contribution in [0.5, 0.6) is 0 Å². The number of carbonyl (C=O) groups is 2. The van der Waals surface area contributed by atoms with Crippen molar-refractivity contribution in [3.63, 3.8) is 0 Å². The summed E-state index contributed by atoms with van der Waals surface area (Å²) in [5.41, 5.74) is 0.420. The van der Waals surface area contributed by atoms with Crippen molar-refractivity contribution >= 4 is 11.9 Å². The van der Waals surface area contributed by atoms with Gasteiger partial charge >= 0.3 is 11.9 Å². The molecule has 0 radical (unpaired) electrons. The lowest BCUT2D eigenvalue weighted by Gasteiger charge is -2.04. The maximum atomic E-state index is 11.2. The van der Waals surface area contributed by atoms with Gasteiger partial charge < -0.3 is 9.47 Å². The lowest BCUT2D eigenvalue weighted by molar-refractivity contribution is 0.0555. The van der Waals surface area contributed by atoms with Gasteiger partial charge in [0.15, 0.2) is 0 Å². The van der Waals surface area contributed by atoms with Crippen LogP contribution in [0, 0.1) is 0 Å². The van der Waals surface area contributed by atoms with Crippen LogP contribution >= 0.6 is 0 Å². The molecule has 0 aliphatic carbocycles. The second kappa shape index (κ2) is 11.9. The van der Waals surface area contributed by atoms with Gasteiger partial charge in [0, 0.05) is 0 Å². The Kier molecular flexibility index (Phi) is 10.9. The molecule has 4 nitrogen and oxygen atoms in total. The molecule has 0 bridgehead atoms. The second-order valence-corrected chi connectivity index (χ2v) is 4.59. The molecular weight excluding hydrogens is 268 g/mol. The van der Waals surface area contributed by atoms with Crippen LogP contribution in [0.25, 0.3) is 0 Å². The Labute approximate surface area is 127 Å². The van der Waals surface area contributed by atoms with E-state index in [2.05, 4.69) is 23.3 Å². The van der Waals surface area contributed by atoms with Gasteiger partial charge in [-0.1, -0.05) is 58.1 Å². The molecule has 0 unspecified atom stereocenters. The van der Waals surface area contributed by atoms with Crippen molar-refractivity contribution in [1.82, 2.24) is 0 Å². The number of esters is 2. The summed E-state index contributed by atoms with van der Waals surface area (Å²) in [6.45, 7) is 4.49. The zero-order valence-electron chi connectivity index (χ0n) is 13.5. The first-order valence-corrected chi connectivity index (χ1v) is 7.37. The lowest BCUT2D eigenvalue weighted by Crippen LogP contribution is -2.11. The summed E-state index contributed by atoms with van der Waals surface area (Å²) in [6.07, 6.45) is 7.01. The monoisotopic (exact) mass is 294 g/mol. The van der Waals surface area contributed by atoms with Crippen LogP contribution in [0.1, 0.15) is 66.7 Å². The van der Waals surface area contributed by atoms with Crippen molar-refractivity contribution in [1.29, 1.82) is 0 Å². The first-order valence-electron chi connectivity index (χ1n) is 7.37. The van der Waals surface area contributed by atoms with E-state index in [1.807, 2.05) is 0 Å². The zero-order valence-corrected chi connectivity index (χ0v) is 13.5. The Balaban J connectivity index is 0.000000486. The molecule has 4 heteroatoms. The molecule has 118 valence electrons. The van der Waals surface area contributed by atoms with E-state index in [-0.39, 0.29) is 11.1 Å². The van der Waals surface area contributed by atoms with Gasteiger partial charge in [-0.2, -0.15) is 0 Å². The van der Waals surface area contributed by atoms with Crippen LogP contribution < -0.4 is 0 Å². The standard InChI is InChI=1S/C10H10O4.C7H16/c1-13-9(11)7-5-3-4-6-8(7)10(12)14-2;1-3-5-7-6-4-2/h3-6H,1-2H3;3-7H2,1-2H3. The van der Waals surface area contributed by atoms with Gasteiger partial charge in [0.25, 0.3) is 0 Å². The molecule has 21 heavy (non-hydrogen) atoms. The highest BCUT2D eigenvalue weighted by Gasteiger charge is 2.16. The van der Waals surface area contributed by atoms with Crippen LogP contribution in [-0.2, 0) is 9.47 Å². The van der Waals surface area contributed by atoms with Crippen LogP contribution in [0.2, 0.25) is 0 Å².